The van der Waals surface area contributed by atoms with Crippen LogP contribution in [0.1, 0.15) is 31.7 Å². The average Bonchev–Trinajstić information content (AvgIpc) is 3.42. The van der Waals surface area contributed by atoms with Gasteiger partial charge < -0.3 is 10.7 Å². The Hall–Kier alpha value is -3.49. The van der Waals surface area contributed by atoms with Crippen molar-refractivity contribution in [3.63, 3.8) is 0 Å². The van der Waals surface area contributed by atoms with Crippen LogP contribution in [0.25, 0.3) is 27.8 Å². The number of H-pyrrole nitrogens is 1. The zero-order valence-corrected chi connectivity index (χ0v) is 14.5. The number of aromatic amines is 1. The first kappa shape index (κ1) is 15.7. The summed E-state index contributed by atoms with van der Waals surface area (Å²) >= 11 is 0. The molecule has 0 bridgehead atoms. The second-order valence-corrected chi connectivity index (χ2v) is 6.78. The molecule has 0 spiro atoms. The molecule has 136 valence electrons. The highest BCUT2D eigenvalue weighted by atomic mass is 16.1. The van der Waals surface area contributed by atoms with Gasteiger partial charge in [-0.05, 0) is 18.9 Å². The third-order valence-electron chi connectivity index (χ3n) is 5.11. The molecule has 3 N–H and O–H groups in total. The molecule has 4 aromatic rings. The van der Waals surface area contributed by atoms with Crippen LogP contribution in [0.5, 0.6) is 0 Å². The largest absolute Gasteiger partial charge is 0.382 e. The van der Waals surface area contributed by atoms with Crippen molar-refractivity contribution in [1.82, 2.24) is 34.5 Å². The fourth-order valence-electron chi connectivity index (χ4n) is 3.72. The van der Waals surface area contributed by atoms with E-state index in [-0.39, 0.29) is 5.56 Å². The van der Waals surface area contributed by atoms with Crippen LogP contribution in [0.15, 0.2) is 42.0 Å². The molecule has 0 amide bonds. The van der Waals surface area contributed by atoms with Gasteiger partial charge in [0.15, 0.2) is 11.6 Å². The summed E-state index contributed by atoms with van der Waals surface area (Å²) in [5.41, 5.74) is 8.11. The standard InChI is InChI=1S/C18H18N8O/c19-16-14(11-7-23-25(8-11)12-3-1-2-4-12)9-26(24-16)17-15-13(5-6-20-17)18(27)22-10-21-15/h5-10,12H,1-4H2,(H2,19,24)(H,21,22,27). The van der Waals surface area contributed by atoms with Gasteiger partial charge in [0.25, 0.3) is 5.56 Å². The van der Waals surface area contributed by atoms with E-state index in [0.717, 1.165) is 24.0 Å². The van der Waals surface area contributed by atoms with E-state index in [1.165, 1.54) is 19.2 Å². The zero-order valence-electron chi connectivity index (χ0n) is 14.5. The zero-order chi connectivity index (χ0) is 18.4. The molecular formula is C18H18N8O. The average molecular weight is 362 g/mol. The Morgan fingerprint density at radius 2 is 2.04 bits per heavy atom. The molecule has 0 aliphatic heterocycles. The molecule has 0 aromatic carbocycles. The summed E-state index contributed by atoms with van der Waals surface area (Å²) < 4.78 is 3.59. The molecule has 4 heterocycles. The first-order valence-electron chi connectivity index (χ1n) is 8.93. The number of anilines is 1. The van der Waals surface area contributed by atoms with Crippen molar-refractivity contribution in [3.05, 3.63) is 47.5 Å². The van der Waals surface area contributed by atoms with Crippen LogP contribution >= 0.6 is 0 Å². The van der Waals surface area contributed by atoms with Crippen molar-refractivity contribution >= 4 is 16.7 Å². The molecule has 0 unspecified atom stereocenters. The number of fused-ring (bicyclic) bond motifs is 1. The number of nitrogens with one attached hydrogen (secondary N) is 1. The summed E-state index contributed by atoms with van der Waals surface area (Å²) in [7, 11) is 0. The lowest BCUT2D eigenvalue weighted by Gasteiger charge is -2.08. The van der Waals surface area contributed by atoms with E-state index in [4.69, 9.17) is 5.73 Å². The molecule has 4 aromatic heterocycles. The van der Waals surface area contributed by atoms with Gasteiger partial charge in [-0.3, -0.25) is 9.48 Å². The number of nitrogens with zero attached hydrogens (tertiary/aromatic N) is 6. The van der Waals surface area contributed by atoms with E-state index in [0.29, 0.717) is 28.6 Å². The van der Waals surface area contributed by atoms with Crippen LogP contribution in [0, 0.1) is 0 Å². The normalized spacial score (nSPS) is 15.0. The number of rotatable bonds is 3. The Morgan fingerprint density at radius 1 is 1.19 bits per heavy atom. The van der Waals surface area contributed by atoms with Crippen LogP contribution in [0.3, 0.4) is 0 Å². The monoisotopic (exact) mass is 362 g/mol. The molecule has 1 aliphatic carbocycles. The number of pyridine rings is 1. The van der Waals surface area contributed by atoms with Gasteiger partial charge in [0.1, 0.15) is 5.52 Å². The first-order valence-corrected chi connectivity index (χ1v) is 8.93. The second kappa shape index (κ2) is 6.04. The first-order chi connectivity index (χ1) is 13.2. The highest BCUT2D eigenvalue weighted by Gasteiger charge is 2.20. The Bertz CT molecular complexity index is 1180. The van der Waals surface area contributed by atoms with Gasteiger partial charge in [-0.25, -0.2) is 14.6 Å². The molecule has 1 saturated carbocycles. The Kier molecular flexibility index (Phi) is 3.52. The lowest BCUT2D eigenvalue weighted by atomic mass is 10.2. The summed E-state index contributed by atoms with van der Waals surface area (Å²) in [5.74, 6) is 0.837. The van der Waals surface area contributed by atoms with Gasteiger partial charge in [0.2, 0.25) is 0 Å². The van der Waals surface area contributed by atoms with E-state index in [9.17, 15) is 4.79 Å². The summed E-state index contributed by atoms with van der Waals surface area (Å²) in [4.78, 5) is 23.2. The van der Waals surface area contributed by atoms with Crippen LogP contribution in [-0.2, 0) is 0 Å². The molecule has 9 nitrogen and oxygen atoms in total. The molecule has 9 heteroatoms. The van der Waals surface area contributed by atoms with E-state index in [1.54, 1.807) is 23.1 Å². The second-order valence-electron chi connectivity index (χ2n) is 6.78. The predicted molar refractivity (Wildman–Crippen MR) is 100 cm³/mol. The molecule has 5 rings (SSSR count). The van der Waals surface area contributed by atoms with Crippen molar-refractivity contribution in [1.29, 1.82) is 0 Å². The Labute approximate surface area is 153 Å². The van der Waals surface area contributed by atoms with Crippen LogP contribution in [0.4, 0.5) is 5.82 Å². The quantitative estimate of drug-likeness (QED) is 0.575. The van der Waals surface area contributed by atoms with E-state index < -0.39 is 0 Å². The van der Waals surface area contributed by atoms with Crippen LogP contribution in [0.2, 0.25) is 0 Å². The fraction of sp³-hybridized carbons (Fsp3) is 0.278. The molecule has 0 radical (unpaired) electrons. The predicted octanol–water partition coefficient (Wildman–Crippen LogP) is 2.06. The molecule has 1 fully saturated rings. The van der Waals surface area contributed by atoms with Crippen molar-refractivity contribution < 1.29 is 0 Å². The Balaban J connectivity index is 1.58. The summed E-state index contributed by atoms with van der Waals surface area (Å²) in [5, 5.41) is 9.35. The molecular weight excluding hydrogens is 344 g/mol. The van der Waals surface area contributed by atoms with Gasteiger partial charge in [-0.2, -0.15) is 5.10 Å². The van der Waals surface area contributed by atoms with E-state index in [2.05, 4.69) is 25.1 Å². The van der Waals surface area contributed by atoms with E-state index >= 15 is 0 Å². The lowest BCUT2D eigenvalue weighted by Crippen LogP contribution is -2.09. The summed E-state index contributed by atoms with van der Waals surface area (Å²) in [6.45, 7) is 0. The van der Waals surface area contributed by atoms with Gasteiger partial charge in [0.05, 0.1) is 24.0 Å². The summed E-state index contributed by atoms with van der Waals surface area (Å²) in [6.07, 6.45) is 13.4. The molecule has 0 saturated heterocycles. The number of nitrogens with two attached hydrogens (primary N) is 1. The minimum atomic E-state index is -0.221. The molecule has 0 atom stereocenters. The minimum absolute atomic E-state index is 0.221. The lowest BCUT2D eigenvalue weighted by molar-refractivity contribution is 0.467. The number of hydrogen-bond donors (Lipinski definition) is 2. The minimum Gasteiger partial charge on any atom is -0.382 e. The van der Waals surface area contributed by atoms with Gasteiger partial charge in [-0.1, -0.05) is 12.8 Å². The highest BCUT2D eigenvalue weighted by Crippen LogP contribution is 2.32. The van der Waals surface area contributed by atoms with Gasteiger partial charge in [-0.15, -0.1) is 5.10 Å². The van der Waals surface area contributed by atoms with Crippen molar-refractivity contribution in [2.45, 2.75) is 31.7 Å². The smallest absolute Gasteiger partial charge is 0.258 e. The van der Waals surface area contributed by atoms with Crippen molar-refractivity contribution in [3.8, 4) is 16.9 Å². The Morgan fingerprint density at radius 3 is 2.89 bits per heavy atom. The fourth-order valence-corrected chi connectivity index (χ4v) is 3.72. The molecule has 1 aliphatic rings. The number of aromatic nitrogens is 7. The van der Waals surface area contributed by atoms with E-state index in [1.807, 2.05) is 17.1 Å². The third kappa shape index (κ3) is 2.59. The molecule has 27 heavy (non-hydrogen) atoms. The number of hydrogen-bond acceptors (Lipinski definition) is 6. The maximum atomic E-state index is 12.0. The van der Waals surface area contributed by atoms with Crippen molar-refractivity contribution in [2.75, 3.05) is 5.73 Å². The van der Waals surface area contributed by atoms with Crippen LogP contribution < -0.4 is 11.3 Å². The topological polar surface area (TPSA) is 120 Å². The maximum Gasteiger partial charge on any atom is 0.258 e. The van der Waals surface area contributed by atoms with Gasteiger partial charge >= 0.3 is 0 Å². The SMILES string of the molecule is Nc1nn(-c2nccc3c(=O)[nH]cnc23)cc1-c1cnn(C2CCCC2)c1. The van der Waals surface area contributed by atoms with Gasteiger partial charge in [0, 0.05) is 29.7 Å². The maximum absolute atomic E-state index is 12.0. The number of nitrogen functional groups attached to an aromatic ring is 1. The highest BCUT2D eigenvalue weighted by molar-refractivity contribution is 5.84. The summed E-state index contributed by atoms with van der Waals surface area (Å²) in [6, 6.07) is 2.09. The van der Waals surface area contributed by atoms with Crippen LogP contribution in [-0.4, -0.2) is 34.5 Å². The van der Waals surface area contributed by atoms with Crippen molar-refractivity contribution in [2.24, 2.45) is 0 Å². The third-order valence-corrected chi connectivity index (χ3v) is 5.11.